The molecule has 0 aromatic heterocycles. The molecule has 6 nitrogen and oxygen atoms in total. The summed E-state index contributed by atoms with van der Waals surface area (Å²) in [5, 5.41) is 6.37. The Morgan fingerprint density at radius 3 is 1.91 bits per heavy atom. The number of ether oxygens (including phenoxy) is 2. The highest BCUT2D eigenvalue weighted by Crippen LogP contribution is 2.40. The van der Waals surface area contributed by atoms with Gasteiger partial charge in [0.05, 0.1) is 18.2 Å². The standard InChI is InChI=1S/C28H41N3O3Si/c1-20(25-21(2)26(22(3)30-31-29)34-28(7,8)33-25)19-32-35(27(4,5)6,23-15-11-9-12-16-23)24-17-13-10-14-18-24/h9-18,20-22,25-26H,19H2,1-8H3/t20-,21+,22-,25-,26+/m1/s1. The van der Waals surface area contributed by atoms with Gasteiger partial charge in [-0.1, -0.05) is 107 Å². The van der Waals surface area contributed by atoms with Gasteiger partial charge in [-0.25, -0.2) is 0 Å². The molecule has 1 heterocycles. The molecule has 0 saturated carbocycles. The maximum atomic E-state index is 8.98. The summed E-state index contributed by atoms with van der Waals surface area (Å²) in [7, 11) is -2.64. The Kier molecular flexibility index (Phi) is 8.51. The zero-order chi connectivity index (χ0) is 25.9. The molecule has 3 rings (SSSR count). The van der Waals surface area contributed by atoms with E-state index in [1.54, 1.807) is 0 Å². The first-order valence-electron chi connectivity index (χ1n) is 12.6. The van der Waals surface area contributed by atoms with Gasteiger partial charge in [0.1, 0.15) is 0 Å². The fourth-order valence-corrected chi connectivity index (χ4v) is 10.2. The average molecular weight is 496 g/mol. The predicted octanol–water partition coefficient (Wildman–Crippen LogP) is 6.05. The highest BCUT2D eigenvalue weighted by Gasteiger charge is 2.51. The van der Waals surface area contributed by atoms with Gasteiger partial charge < -0.3 is 13.9 Å². The van der Waals surface area contributed by atoms with E-state index in [1.807, 2.05) is 20.8 Å². The molecule has 0 bridgehead atoms. The second kappa shape index (κ2) is 10.9. The van der Waals surface area contributed by atoms with Gasteiger partial charge in [-0.2, -0.15) is 0 Å². The Morgan fingerprint density at radius 2 is 1.46 bits per heavy atom. The monoisotopic (exact) mass is 495 g/mol. The van der Waals surface area contributed by atoms with Crippen LogP contribution in [0.2, 0.25) is 5.04 Å². The fraction of sp³-hybridized carbons (Fsp3) is 0.571. The molecule has 0 unspecified atom stereocenters. The minimum atomic E-state index is -2.64. The summed E-state index contributed by atoms with van der Waals surface area (Å²) in [6, 6.07) is 21.1. The number of hydrogen-bond donors (Lipinski definition) is 0. The van der Waals surface area contributed by atoms with Crippen LogP contribution in [-0.4, -0.2) is 39.0 Å². The number of nitrogens with zero attached hydrogens (tertiary/aromatic N) is 3. The van der Waals surface area contributed by atoms with Crippen LogP contribution in [0.3, 0.4) is 0 Å². The van der Waals surface area contributed by atoms with Gasteiger partial charge in [-0.05, 0) is 34.8 Å². The van der Waals surface area contributed by atoms with Gasteiger partial charge in [0.15, 0.2) is 5.79 Å². The van der Waals surface area contributed by atoms with E-state index in [0.717, 1.165) is 0 Å². The molecule has 5 atom stereocenters. The van der Waals surface area contributed by atoms with Crippen molar-refractivity contribution >= 4 is 18.7 Å². The molecule has 2 aromatic carbocycles. The molecule has 1 fully saturated rings. The Hall–Kier alpha value is -2.15. The van der Waals surface area contributed by atoms with Crippen molar-refractivity contribution in [2.75, 3.05) is 6.61 Å². The molecule has 0 spiro atoms. The summed E-state index contributed by atoms with van der Waals surface area (Å²) in [5.41, 5.74) is 8.98. The highest BCUT2D eigenvalue weighted by molar-refractivity contribution is 6.99. The molecule has 1 saturated heterocycles. The van der Waals surface area contributed by atoms with Gasteiger partial charge in [0.25, 0.3) is 8.32 Å². The maximum absolute atomic E-state index is 8.98. The van der Waals surface area contributed by atoms with Crippen molar-refractivity contribution in [1.29, 1.82) is 0 Å². The van der Waals surface area contributed by atoms with E-state index < -0.39 is 14.1 Å². The van der Waals surface area contributed by atoms with Gasteiger partial charge in [-0.3, -0.25) is 0 Å². The van der Waals surface area contributed by atoms with E-state index in [2.05, 4.69) is 105 Å². The topological polar surface area (TPSA) is 76.5 Å². The van der Waals surface area contributed by atoms with Crippen LogP contribution >= 0.6 is 0 Å². The van der Waals surface area contributed by atoms with Crippen LogP contribution < -0.4 is 10.4 Å². The lowest BCUT2D eigenvalue weighted by Crippen LogP contribution is -2.67. The van der Waals surface area contributed by atoms with Crippen LogP contribution in [-0.2, 0) is 13.9 Å². The first kappa shape index (κ1) is 27.4. The van der Waals surface area contributed by atoms with Crippen LogP contribution in [0, 0.1) is 11.8 Å². The van der Waals surface area contributed by atoms with E-state index in [0.29, 0.717) is 6.61 Å². The SMILES string of the molecule is C[C@H]1[C@@H]([C@H](C)CO[Si](c2ccccc2)(c2ccccc2)C(C)(C)C)OC(C)(C)O[C@@H]1[C@@H](C)N=[N+]=[N-]. The second-order valence-electron chi connectivity index (χ2n) is 11.3. The molecule has 35 heavy (non-hydrogen) atoms. The largest absolute Gasteiger partial charge is 0.407 e. The quantitative estimate of drug-likeness (QED) is 0.193. The molecular weight excluding hydrogens is 454 g/mol. The van der Waals surface area contributed by atoms with Gasteiger partial charge >= 0.3 is 0 Å². The molecule has 0 N–H and O–H groups in total. The van der Waals surface area contributed by atoms with Crippen LogP contribution in [0.1, 0.15) is 55.4 Å². The third-order valence-electron chi connectivity index (χ3n) is 7.13. The molecular formula is C28H41N3O3Si. The van der Waals surface area contributed by atoms with Gasteiger partial charge in [0.2, 0.25) is 0 Å². The van der Waals surface area contributed by atoms with Crippen molar-refractivity contribution in [3.63, 3.8) is 0 Å². The lowest BCUT2D eigenvalue weighted by atomic mass is 9.85. The summed E-state index contributed by atoms with van der Waals surface area (Å²) in [5.74, 6) is -0.621. The third-order valence-corrected chi connectivity index (χ3v) is 12.1. The van der Waals surface area contributed by atoms with E-state index in [1.165, 1.54) is 10.4 Å². The summed E-state index contributed by atoms with van der Waals surface area (Å²) < 4.78 is 19.8. The van der Waals surface area contributed by atoms with Gasteiger partial charge in [0, 0.05) is 23.4 Å². The van der Waals surface area contributed by atoms with E-state index >= 15 is 0 Å². The highest BCUT2D eigenvalue weighted by atomic mass is 28.4. The van der Waals surface area contributed by atoms with Crippen molar-refractivity contribution in [2.24, 2.45) is 17.0 Å². The summed E-state index contributed by atoms with van der Waals surface area (Å²) in [4.78, 5) is 3.01. The van der Waals surface area contributed by atoms with Crippen molar-refractivity contribution < 1.29 is 13.9 Å². The van der Waals surface area contributed by atoms with Crippen LogP contribution in [0.4, 0.5) is 0 Å². The molecule has 0 radical (unpaired) electrons. The maximum Gasteiger partial charge on any atom is 0.261 e. The normalized spacial score (nSPS) is 24.3. The molecule has 0 aliphatic carbocycles. The van der Waals surface area contributed by atoms with Crippen molar-refractivity contribution in [3.05, 3.63) is 71.1 Å². The van der Waals surface area contributed by atoms with Crippen molar-refractivity contribution in [2.45, 2.75) is 84.5 Å². The predicted molar refractivity (Wildman–Crippen MR) is 144 cm³/mol. The summed E-state index contributed by atoms with van der Waals surface area (Å²) >= 11 is 0. The van der Waals surface area contributed by atoms with Crippen LogP contribution in [0.25, 0.3) is 10.4 Å². The molecule has 190 valence electrons. The minimum absolute atomic E-state index is 0.0429. The van der Waals surface area contributed by atoms with E-state index in [-0.39, 0.29) is 35.1 Å². The summed E-state index contributed by atoms with van der Waals surface area (Å²) in [6.45, 7) is 17.5. The molecule has 2 aromatic rings. The Morgan fingerprint density at radius 1 is 0.971 bits per heavy atom. The zero-order valence-electron chi connectivity index (χ0n) is 22.4. The fourth-order valence-electron chi connectivity index (χ4n) is 5.52. The molecule has 7 heteroatoms. The first-order chi connectivity index (χ1) is 16.4. The smallest absolute Gasteiger partial charge is 0.261 e. The van der Waals surface area contributed by atoms with Crippen LogP contribution in [0.5, 0.6) is 0 Å². The van der Waals surface area contributed by atoms with Gasteiger partial charge in [-0.15, -0.1) is 0 Å². The Labute approximate surface area is 211 Å². The lowest BCUT2D eigenvalue weighted by molar-refractivity contribution is -0.329. The Balaban J connectivity index is 1.96. The molecule has 1 aliphatic heterocycles. The summed E-state index contributed by atoms with van der Waals surface area (Å²) in [6.07, 6.45) is -0.326. The van der Waals surface area contributed by atoms with E-state index in [4.69, 9.17) is 19.4 Å². The second-order valence-corrected chi connectivity index (χ2v) is 15.6. The first-order valence-corrected chi connectivity index (χ1v) is 14.5. The average Bonchev–Trinajstić information content (AvgIpc) is 2.81. The Bertz CT molecular complexity index is 964. The minimum Gasteiger partial charge on any atom is -0.407 e. The van der Waals surface area contributed by atoms with Crippen molar-refractivity contribution in [1.82, 2.24) is 0 Å². The lowest BCUT2D eigenvalue weighted by Gasteiger charge is -2.49. The molecule has 1 aliphatic rings. The van der Waals surface area contributed by atoms with Crippen molar-refractivity contribution in [3.8, 4) is 0 Å². The zero-order valence-corrected chi connectivity index (χ0v) is 23.4. The number of azide groups is 1. The number of benzene rings is 2. The van der Waals surface area contributed by atoms with E-state index in [9.17, 15) is 0 Å². The molecule has 0 amide bonds. The number of hydrogen-bond acceptors (Lipinski definition) is 4. The third kappa shape index (κ3) is 5.82. The van der Waals surface area contributed by atoms with Crippen LogP contribution in [0.15, 0.2) is 65.8 Å². The number of rotatable bonds is 8.